The lowest BCUT2D eigenvalue weighted by Gasteiger charge is -2.38. The van der Waals surface area contributed by atoms with Crippen molar-refractivity contribution in [3.8, 4) is 0 Å². The molecule has 0 spiro atoms. The molecule has 0 bridgehead atoms. The highest BCUT2D eigenvalue weighted by Crippen LogP contribution is 2.43. The Morgan fingerprint density at radius 2 is 1.52 bits per heavy atom. The van der Waals surface area contributed by atoms with Gasteiger partial charge in [-0.05, 0) is 69.1 Å². The van der Waals surface area contributed by atoms with E-state index in [1.165, 1.54) is 64.2 Å². The Kier molecular flexibility index (Phi) is 7.65. The summed E-state index contributed by atoms with van der Waals surface area (Å²) in [6.45, 7) is 4.16. The molecule has 0 aromatic heterocycles. The maximum Gasteiger partial charge on any atom is 0.331 e. The van der Waals surface area contributed by atoms with E-state index in [0.717, 1.165) is 30.6 Å². The standard InChI is InChI=1S/C21H36O2/c1-3-5-6-7-16-8-10-17(11-9-16)18-12-14-19(15-13-18)20(4-2)21(22)23/h4,16-19H,3,5-15H2,1-2H3,(H,22,23). The molecule has 0 aliphatic heterocycles. The van der Waals surface area contributed by atoms with Gasteiger partial charge in [0.1, 0.15) is 0 Å². The molecule has 132 valence electrons. The quantitative estimate of drug-likeness (QED) is 0.447. The van der Waals surface area contributed by atoms with Crippen molar-refractivity contribution in [3.63, 3.8) is 0 Å². The molecule has 0 aromatic rings. The van der Waals surface area contributed by atoms with Gasteiger partial charge in [-0.3, -0.25) is 0 Å². The van der Waals surface area contributed by atoms with Gasteiger partial charge in [0, 0.05) is 5.57 Å². The molecule has 0 atom stereocenters. The molecule has 0 aromatic carbocycles. The van der Waals surface area contributed by atoms with Gasteiger partial charge in [-0.1, -0.05) is 51.5 Å². The van der Waals surface area contributed by atoms with Gasteiger partial charge < -0.3 is 5.11 Å². The Bertz CT molecular complexity index is 383. The van der Waals surface area contributed by atoms with Gasteiger partial charge >= 0.3 is 5.97 Å². The Hall–Kier alpha value is -0.790. The molecule has 0 unspecified atom stereocenters. The molecule has 2 rings (SSSR count). The van der Waals surface area contributed by atoms with Crippen molar-refractivity contribution in [1.82, 2.24) is 0 Å². The van der Waals surface area contributed by atoms with Crippen molar-refractivity contribution in [2.45, 2.75) is 90.9 Å². The lowest BCUT2D eigenvalue weighted by Crippen LogP contribution is -2.27. The zero-order valence-corrected chi connectivity index (χ0v) is 15.2. The maximum atomic E-state index is 11.3. The average Bonchev–Trinajstić information content (AvgIpc) is 2.57. The van der Waals surface area contributed by atoms with Gasteiger partial charge in [0.15, 0.2) is 0 Å². The highest BCUT2D eigenvalue weighted by molar-refractivity contribution is 5.87. The minimum Gasteiger partial charge on any atom is -0.478 e. The van der Waals surface area contributed by atoms with Crippen molar-refractivity contribution in [3.05, 3.63) is 11.6 Å². The van der Waals surface area contributed by atoms with Crippen LogP contribution < -0.4 is 0 Å². The molecule has 2 nitrogen and oxygen atoms in total. The van der Waals surface area contributed by atoms with Crippen molar-refractivity contribution < 1.29 is 9.90 Å². The molecular weight excluding hydrogens is 284 g/mol. The van der Waals surface area contributed by atoms with E-state index in [0.29, 0.717) is 11.5 Å². The van der Waals surface area contributed by atoms with Crippen LogP contribution in [0.5, 0.6) is 0 Å². The van der Waals surface area contributed by atoms with Crippen LogP contribution in [0.25, 0.3) is 0 Å². The summed E-state index contributed by atoms with van der Waals surface area (Å²) in [5.74, 6) is 2.39. The molecule has 2 aliphatic carbocycles. The number of hydrogen-bond acceptors (Lipinski definition) is 1. The molecule has 23 heavy (non-hydrogen) atoms. The third kappa shape index (κ3) is 5.36. The molecular formula is C21H36O2. The minimum absolute atomic E-state index is 0.305. The summed E-state index contributed by atoms with van der Waals surface area (Å²) >= 11 is 0. The molecule has 0 amide bonds. The molecule has 0 radical (unpaired) electrons. The number of carbonyl (C=O) groups is 1. The van der Waals surface area contributed by atoms with E-state index in [1.54, 1.807) is 0 Å². The summed E-state index contributed by atoms with van der Waals surface area (Å²) in [5, 5.41) is 9.29. The average molecular weight is 321 g/mol. The SMILES string of the molecule is CC=C(C(=O)O)C1CCC(C2CCC(CCCCC)CC2)CC1. The van der Waals surface area contributed by atoms with Crippen LogP contribution in [0.1, 0.15) is 90.9 Å². The van der Waals surface area contributed by atoms with Crippen LogP contribution in [0, 0.1) is 23.7 Å². The number of unbranched alkanes of at least 4 members (excludes halogenated alkanes) is 2. The Labute approximate surface area is 142 Å². The topological polar surface area (TPSA) is 37.3 Å². The van der Waals surface area contributed by atoms with Crippen molar-refractivity contribution in [1.29, 1.82) is 0 Å². The maximum absolute atomic E-state index is 11.3. The van der Waals surface area contributed by atoms with Crippen molar-refractivity contribution in [2.75, 3.05) is 0 Å². The third-order valence-electron chi connectivity index (χ3n) is 6.54. The first-order valence-electron chi connectivity index (χ1n) is 10.0. The molecule has 2 saturated carbocycles. The van der Waals surface area contributed by atoms with Crippen LogP contribution in [0.2, 0.25) is 0 Å². The van der Waals surface area contributed by atoms with E-state index in [9.17, 15) is 9.90 Å². The molecule has 0 heterocycles. The zero-order valence-electron chi connectivity index (χ0n) is 15.2. The molecule has 2 aliphatic rings. The second kappa shape index (κ2) is 9.49. The Morgan fingerprint density at radius 1 is 0.957 bits per heavy atom. The van der Waals surface area contributed by atoms with E-state index >= 15 is 0 Å². The van der Waals surface area contributed by atoms with Crippen LogP contribution in [-0.4, -0.2) is 11.1 Å². The molecule has 1 N–H and O–H groups in total. The van der Waals surface area contributed by atoms with E-state index in [2.05, 4.69) is 6.92 Å². The number of rotatable bonds is 7. The minimum atomic E-state index is -0.705. The van der Waals surface area contributed by atoms with Gasteiger partial charge in [-0.25, -0.2) is 4.79 Å². The summed E-state index contributed by atoms with van der Waals surface area (Å²) in [4.78, 5) is 11.3. The first kappa shape index (κ1) is 18.5. The number of carboxylic acids is 1. The predicted molar refractivity (Wildman–Crippen MR) is 96.4 cm³/mol. The highest BCUT2D eigenvalue weighted by Gasteiger charge is 2.32. The lowest BCUT2D eigenvalue weighted by atomic mass is 9.68. The Balaban J connectivity index is 1.71. The van der Waals surface area contributed by atoms with Crippen molar-refractivity contribution >= 4 is 5.97 Å². The van der Waals surface area contributed by atoms with Crippen LogP contribution >= 0.6 is 0 Å². The molecule has 2 fully saturated rings. The Morgan fingerprint density at radius 3 is 2.00 bits per heavy atom. The second-order valence-corrected chi connectivity index (χ2v) is 7.94. The fraction of sp³-hybridized carbons (Fsp3) is 0.857. The first-order chi connectivity index (χ1) is 11.2. The summed E-state index contributed by atoms with van der Waals surface area (Å²) in [6, 6.07) is 0. The van der Waals surface area contributed by atoms with E-state index in [4.69, 9.17) is 0 Å². The fourth-order valence-corrected chi connectivity index (χ4v) is 5.07. The monoisotopic (exact) mass is 320 g/mol. The molecule has 2 heteroatoms. The number of allylic oxidation sites excluding steroid dienone is 1. The van der Waals surface area contributed by atoms with Gasteiger partial charge in [0.2, 0.25) is 0 Å². The molecule has 0 saturated heterocycles. The first-order valence-corrected chi connectivity index (χ1v) is 10.0. The normalized spacial score (nSPS) is 32.7. The largest absolute Gasteiger partial charge is 0.478 e. The van der Waals surface area contributed by atoms with Crippen LogP contribution in [0.15, 0.2) is 11.6 Å². The van der Waals surface area contributed by atoms with Gasteiger partial charge in [0.25, 0.3) is 0 Å². The summed E-state index contributed by atoms with van der Waals surface area (Å²) in [6.07, 6.45) is 17.9. The highest BCUT2D eigenvalue weighted by atomic mass is 16.4. The van der Waals surface area contributed by atoms with E-state index in [-0.39, 0.29) is 0 Å². The number of hydrogen-bond donors (Lipinski definition) is 1. The predicted octanol–water partition coefficient (Wildman–Crippen LogP) is 6.21. The van der Waals surface area contributed by atoms with Crippen molar-refractivity contribution in [2.24, 2.45) is 23.7 Å². The summed E-state index contributed by atoms with van der Waals surface area (Å²) in [7, 11) is 0. The second-order valence-electron chi connectivity index (χ2n) is 7.94. The van der Waals surface area contributed by atoms with Gasteiger partial charge in [-0.2, -0.15) is 0 Å². The number of carboxylic acid groups (broad SMARTS) is 1. The van der Waals surface area contributed by atoms with Crippen LogP contribution in [0.3, 0.4) is 0 Å². The van der Waals surface area contributed by atoms with Gasteiger partial charge in [0.05, 0.1) is 0 Å². The van der Waals surface area contributed by atoms with Crippen LogP contribution in [-0.2, 0) is 4.79 Å². The summed E-state index contributed by atoms with van der Waals surface area (Å²) in [5.41, 5.74) is 0.656. The third-order valence-corrected chi connectivity index (χ3v) is 6.54. The van der Waals surface area contributed by atoms with Crippen LogP contribution in [0.4, 0.5) is 0 Å². The smallest absolute Gasteiger partial charge is 0.331 e. The lowest BCUT2D eigenvalue weighted by molar-refractivity contribution is -0.133. The van der Waals surface area contributed by atoms with Gasteiger partial charge in [-0.15, -0.1) is 0 Å². The zero-order chi connectivity index (χ0) is 16.7. The van der Waals surface area contributed by atoms with E-state index < -0.39 is 5.97 Å². The number of aliphatic carboxylic acids is 1. The van der Waals surface area contributed by atoms with E-state index in [1.807, 2.05) is 13.0 Å². The fourth-order valence-electron chi connectivity index (χ4n) is 5.07. The summed E-state index contributed by atoms with van der Waals surface area (Å²) < 4.78 is 0.